The zero-order valence-electron chi connectivity index (χ0n) is 11.8. The number of aldehydes is 1. The first-order valence-electron chi connectivity index (χ1n) is 7.37. The molecule has 1 saturated carbocycles. The van der Waals surface area contributed by atoms with Crippen LogP contribution in [0.2, 0.25) is 0 Å². The Morgan fingerprint density at radius 3 is 2.45 bits per heavy atom. The largest absolute Gasteiger partial charge is 0.303 e. The number of allylic oxidation sites excluding steroid dienone is 1. The van der Waals surface area contributed by atoms with E-state index in [1.165, 1.54) is 31.3 Å². The Kier molecular flexibility index (Phi) is 5.12. The second kappa shape index (κ2) is 7.05. The lowest BCUT2D eigenvalue weighted by Crippen LogP contribution is -2.15. The Morgan fingerprint density at radius 1 is 1.25 bits per heavy atom. The second-order valence-electron chi connectivity index (χ2n) is 5.68. The Morgan fingerprint density at radius 2 is 1.90 bits per heavy atom. The smallest absolute Gasteiger partial charge is 0.120 e. The molecular formula is C18H21NO. The molecule has 1 aromatic rings. The third-order valence-corrected chi connectivity index (χ3v) is 4.42. The van der Waals surface area contributed by atoms with Crippen molar-refractivity contribution in [3.63, 3.8) is 0 Å². The highest BCUT2D eigenvalue weighted by Crippen LogP contribution is 2.38. The van der Waals surface area contributed by atoms with E-state index in [2.05, 4.69) is 12.6 Å². The zero-order valence-corrected chi connectivity index (χ0v) is 11.8. The average molecular weight is 267 g/mol. The Hall–Kier alpha value is -1.88. The molecule has 1 aromatic carbocycles. The van der Waals surface area contributed by atoms with Crippen molar-refractivity contribution in [2.75, 3.05) is 0 Å². The van der Waals surface area contributed by atoms with Gasteiger partial charge in [-0.1, -0.05) is 18.7 Å². The van der Waals surface area contributed by atoms with Crippen LogP contribution >= 0.6 is 0 Å². The summed E-state index contributed by atoms with van der Waals surface area (Å²) in [5.74, 6) is 1.26. The molecule has 0 aliphatic heterocycles. The van der Waals surface area contributed by atoms with Crippen LogP contribution in [0.4, 0.5) is 0 Å². The van der Waals surface area contributed by atoms with Crippen molar-refractivity contribution in [2.45, 2.75) is 38.5 Å². The summed E-state index contributed by atoms with van der Waals surface area (Å²) < 4.78 is 0. The monoisotopic (exact) mass is 267 g/mol. The summed E-state index contributed by atoms with van der Waals surface area (Å²) in [4.78, 5) is 10.4. The maximum atomic E-state index is 10.4. The second-order valence-corrected chi connectivity index (χ2v) is 5.68. The number of benzene rings is 1. The molecule has 0 atom stereocenters. The molecule has 0 spiro atoms. The lowest BCUT2D eigenvalue weighted by atomic mass is 9.76. The van der Waals surface area contributed by atoms with Gasteiger partial charge < -0.3 is 4.79 Å². The molecule has 20 heavy (non-hydrogen) atoms. The van der Waals surface area contributed by atoms with Crippen LogP contribution in [0.3, 0.4) is 0 Å². The van der Waals surface area contributed by atoms with Crippen LogP contribution in [0.25, 0.3) is 5.57 Å². The van der Waals surface area contributed by atoms with Gasteiger partial charge in [0.1, 0.15) is 6.29 Å². The van der Waals surface area contributed by atoms with E-state index in [-0.39, 0.29) is 0 Å². The van der Waals surface area contributed by atoms with E-state index in [0.29, 0.717) is 23.8 Å². The van der Waals surface area contributed by atoms with Crippen molar-refractivity contribution in [1.29, 1.82) is 5.26 Å². The zero-order chi connectivity index (χ0) is 14.4. The predicted octanol–water partition coefficient (Wildman–Crippen LogP) is 4.36. The Balaban J connectivity index is 1.91. The molecule has 0 bridgehead atoms. The van der Waals surface area contributed by atoms with E-state index in [1.807, 2.05) is 24.3 Å². The van der Waals surface area contributed by atoms with Crippen LogP contribution in [0, 0.1) is 23.2 Å². The first-order chi connectivity index (χ1) is 9.74. The fourth-order valence-electron chi connectivity index (χ4n) is 3.10. The third-order valence-electron chi connectivity index (χ3n) is 4.42. The van der Waals surface area contributed by atoms with Gasteiger partial charge in [-0.05, 0) is 67.2 Å². The maximum absolute atomic E-state index is 10.4. The van der Waals surface area contributed by atoms with Crippen molar-refractivity contribution < 1.29 is 4.79 Å². The quantitative estimate of drug-likeness (QED) is 0.744. The summed E-state index contributed by atoms with van der Waals surface area (Å²) >= 11 is 0. The molecule has 0 radical (unpaired) electrons. The number of rotatable bonds is 5. The molecule has 0 aromatic heterocycles. The highest BCUT2D eigenvalue weighted by molar-refractivity contribution is 5.65. The van der Waals surface area contributed by atoms with E-state index in [1.54, 1.807) is 0 Å². The molecule has 1 aliphatic carbocycles. The predicted molar refractivity (Wildman–Crippen MR) is 80.9 cm³/mol. The minimum Gasteiger partial charge on any atom is -0.303 e. The van der Waals surface area contributed by atoms with Crippen LogP contribution in [0.15, 0.2) is 30.8 Å². The molecule has 0 N–H and O–H groups in total. The van der Waals surface area contributed by atoms with Gasteiger partial charge in [0.25, 0.3) is 0 Å². The summed E-state index contributed by atoms with van der Waals surface area (Å²) in [6, 6.07) is 9.85. The van der Waals surface area contributed by atoms with Crippen LogP contribution in [-0.2, 0) is 4.79 Å². The summed E-state index contributed by atoms with van der Waals surface area (Å²) in [5, 5.41) is 8.82. The number of nitriles is 1. The maximum Gasteiger partial charge on any atom is 0.120 e. The lowest BCUT2D eigenvalue weighted by Gasteiger charge is -2.29. The summed E-state index contributed by atoms with van der Waals surface area (Å²) in [7, 11) is 0. The molecular weight excluding hydrogens is 246 g/mol. The standard InChI is InChI=1S/C18H21NO/c1-14(18-10-6-16(13-19)7-11-18)17-8-4-15(5-9-17)3-2-12-20/h6-7,10-12,15,17H,1-5,8-9H2. The molecule has 0 unspecified atom stereocenters. The molecule has 0 heterocycles. The van der Waals surface area contributed by atoms with E-state index >= 15 is 0 Å². The number of nitrogens with zero attached hydrogens (tertiary/aromatic N) is 1. The van der Waals surface area contributed by atoms with Crippen molar-refractivity contribution in [2.24, 2.45) is 11.8 Å². The van der Waals surface area contributed by atoms with Crippen molar-refractivity contribution in [3.05, 3.63) is 42.0 Å². The highest BCUT2D eigenvalue weighted by Gasteiger charge is 2.23. The van der Waals surface area contributed by atoms with Gasteiger partial charge in [0.2, 0.25) is 0 Å². The SMILES string of the molecule is C=C(c1ccc(C#N)cc1)C1CCC(CCC=O)CC1. The third kappa shape index (κ3) is 3.57. The van der Waals surface area contributed by atoms with Crippen LogP contribution in [0.5, 0.6) is 0 Å². The number of carbonyl (C=O) groups is 1. The van der Waals surface area contributed by atoms with E-state index in [0.717, 1.165) is 18.3 Å². The normalized spacial score (nSPS) is 21.9. The topological polar surface area (TPSA) is 40.9 Å². The molecule has 0 amide bonds. The van der Waals surface area contributed by atoms with Crippen molar-refractivity contribution in [3.8, 4) is 6.07 Å². The van der Waals surface area contributed by atoms with Crippen LogP contribution in [0.1, 0.15) is 49.7 Å². The minimum absolute atomic E-state index is 0.551. The van der Waals surface area contributed by atoms with Gasteiger partial charge in [-0.2, -0.15) is 5.26 Å². The number of hydrogen-bond donors (Lipinski definition) is 0. The molecule has 1 aliphatic rings. The Bertz CT molecular complexity index is 501. The minimum atomic E-state index is 0.551. The van der Waals surface area contributed by atoms with E-state index in [4.69, 9.17) is 5.26 Å². The van der Waals surface area contributed by atoms with E-state index in [9.17, 15) is 4.79 Å². The average Bonchev–Trinajstić information content (AvgIpc) is 2.53. The van der Waals surface area contributed by atoms with Gasteiger partial charge in [0.15, 0.2) is 0 Å². The van der Waals surface area contributed by atoms with Gasteiger partial charge in [0, 0.05) is 6.42 Å². The molecule has 2 rings (SSSR count). The molecule has 0 saturated heterocycles. The van der Waals surface area contributed by atoms with Crippen LogP contribution < -0.4 is 0 Å². The first kappa shape index (κ1) is 14.5. The van der Waals surface area contributed by atoms with Gasteiger partial charge in [-0.15, -0.1) is 0 Å². The van der Waals surface area contributed by atoms with Gasteiger partial charge in [-0.25, -0.2) is 0 Å². The first-order valence-corrected chi connectivity index (χ1v) is 7.37. The lowest BCUT2D eigenvalue weighted by molar-refractivity contribution is -0.108. The summed E-state index contributed by atoms with van der Waals surface area (Å²) in [6.45, 7) is 4.25. The fourth-order valence-corrected chi connectivity index (χ4v) is 3.10. The molecule has 104 valence electrons. The van der Waals surface area contributed by atoms with Gasteiger partial charge in [-0.3, -0.25) is 0 Å². The van der Waals surface area contributed by atoms with Crippen molar-refractivity contribution >= 4 is 11.9 Å². The van der Waals surface area contributed by atoms with Crippen LogP contribution in [-0.4, -0.2) is 6.29 Å². The summed E-state index contributed by atoms with van der Waals surface area (Å²) in [5.41, 5.74) is 3.04. The highest BCUT2D eigenvalue weighted by atomic mass is 16.1. The van der Waals surface area contributed by atoms with E-state index < -0.39 is 0 Å². The molecule has 2 heteroatoms. The fraction of sp³-hybridized carbons (Fsp3) is 0.444. The van der Waals surface area contributed by atoms with Gasteiger partial charge in [0.05, 0.1) is 11.6 Å². The molecule has 2 nitrogen and oxygen atoms in total. The van der Waals surface area contributed by atoms with Crippen molar-refractivity contribution in [1.82, 2.24) is 0 Å². The number of hydrogen-bond acceptors (Lipinski definition) is 2. The number of carbonyl (C=O) groups excluding carboxylic acids is 1. The molecule has 1 fully saturated rings. The van der Waals surface area contributed by atoms with Gasteiger partial charge >= 0.3 is 0 Å². The Labute approximate surface area is 121 Å². The summed E-state index contributed by atoms with van der Waals surface area (Å²) in [6.07, 6.45) is 7.51.